The van der Waals surface area contributed by atoms with Crippen LogP contribution in [0.2, 0.25) is 0 Å². The van der Waals surface area contributed by atoms with Crippen molar-refractivity contribution in [1.29, 1.82) is 0 Å². The number of benzene rings is 1. The average molecular weight is 181 g/mol. The van der Waals surface area contributed by atoms with Crippen LogP contribution >= 0.6 is 0 Å². The predicted octanol–water partition coefficient (Wildman–Crippen LogP) is 1.72. The highest BCUT2D eigenvalue weighted by Crippen LogP contribution is 2.00. The summed E-state index contributed by atoms with van der Waals surface area (Å²) in [5, 5.41) is 0. The van der Waals surface area contributed by atoms with Gasteiger partial charge in [0.05, 0.1) is 0 Å². The second-order valence-electron chi connectivity index (χ2n) is 2.05. The summed E-state index contributed by atoms with van der Waals surface area (Å²) < 4.78 is 23.1. The quantitative estimate of drug-likeness (QED) is 0.697. The molecule has 1 aromatic carbocycles. The highest BCUT2D eigenvalue weighted by atomic mass is 32.2. The number of nitrogens with zero attached hydrogens (tertiary/aromatic N) is 1. The molecular formula is C8H7NO2S. The van der Waals surface area contributed by atoms with Gasteiger partial charge >= 0.3 is 10.5 Å². The van der Waals surface area contributed by atoms with Gasteiger partial charge in [-0.15, -0.1) is 4.36 Å². The van der Waals surface area contributed by atoms with Gasteiger partial charge in [0.25, 0.3) is 0 Å². The SMILES string of the molecule is O=S(=O)=NC=Cc1ccccc1. The van der Waals surface area contributed by atoms with Crippen molar-refractivity contribution in [1.82, 2.24) is 0 Å². The Morgan fingerprint density at radius 2 is 1.83 bits per heavy atom. The van der Waals surface area contributed by atoms with Gasteiger partial charge in [0.2, 0.25) is 0 Å². The van der Waals surface area contributed by atoms with E-state index in [0.29, 0.717) is 0 Å². The molecule has 0 aliphatic rings. The molecule has 1 aromatic rings. The lowest BCUT2D eigenvalue weighted by atomic mass is 10.2. The molecule has 0 aliphatic heterocycles. The first-order valence-corrected chi connectivity index (χ1v) is 4.34. The molecule has 1 rings (SSSR count). The Balaban J connectivity index is 2.77. The fraction of sp³-hybridized carbons (Fsp3) is 0. The maximum absolute atomic E-state index is 9.97. The summed E-state index contributed by atoms with van der Waals surface area (Å²) in [5.41, 5.74) is 0.923. The summed E-state index contributed by atoms with van der Waals surface area (Å²) in [5.74, 6) is 0. The molecule has 0 aromatic heterocycles. The minimum atomic E-state index is -2.35. The summed E-state index contributed by atoms with van der Waals surface area (Å²) in [6, 6.07) is 9.35. The lowest BCUT2D eigenvalue weighted by molar-refractivity contribution is 0.622. The fourth-order valence-electron chi connectivity index (χ4n) is 0.730. The van der Waals surface area contributed by atoms with Crippen molar-refractivity contribution < 1.29 is 8.42 Å². The third-order valence-electron chi connectivity index (χ3n) is 1.21. The van der Waals surface area contributed by atoms with Crippen LogP contribution in [-0.2, 0) is 10.5 Å². The third kappa shape index (κ3) is 3.12. The second-order valence-corrected chi connectivity index (χ2v) is 2.69. The van der Waals surface area contributed by atoms with Crippen molar-refractivity contribution >= 4 is 16.6 Å². The van der Waals surface area contributed by atoms with Crippen LogP contribution in [0.4, 0.5) is 0 Å². The summed E-state index contributed by atoms with van der Waals surface area (Å²) in [6.45, 7) is 0. The molecule has 0 heterocycles. The Bertz CT molecular complexity index is 384. The highest BCUT2D eigenvalue weighted by molar-refractivity contribution is 7.61. The molecule has 0 aliphatic carbocycles. The standard InChI is InChI=1S/C8H7NO2S/c10-12(11)9-7-6-8-4-2-1-3-5-8/h1-7H. The van der Waals surface area contributed by atoms with Gasteiger partial charge in [-0.1, -0.05) is 30.3 Å². The molecule has 3 nitrogen and oxygen atoms in total. The molecule has 0 unspecified atom stereocenters. The van der Waals surface area contributed by atoms with Gasteiger partial charge in [-0.3, -0.25) is 0 Å². The minimum Gasteiger partial charge on any atom is -0.163 e. The lowest BCUT2D eigenvalue weighted by Crippen LogP contribution is -1.66. The summed E-state index contributed by atoms with van der Waals surface area (Å²) in [4.78, 5) is 0. The molecule has 0 radical (unpaired) electrons. The van der Waals surface area contributed by atoms with Crippen LogP contribution in [0, 0.1) is 0 Å². The van der Waals surface area contributed by atoms with Crippen molar-refractivity contribution in [2.24, 2.45) is 4.36 Å². The number of hydrogen-bond acceptors (Lipinski definition) is 3. The van der Waals surface area contributed by atoms with E-state index in [2.05, 4.69) is 4.36 Å². The molecular weight excluding hydrogens is 174 g/mol. The summed E-state index contributed by atoms with van der Waals surface area (Å²) in [6.07, 6.45) is 2.87. The van der Waals surface area contributed by atoms with Crippen molar-refractivity contribution in [3.05, 3.63) is 42.1 Å². The molecule has 4 heteroatoms. The summed E-state index contributed by atoms with van der Waals surface area (Å²) >= 11 is 0. The van der Waals surface area contributed by atoms with Gasteiger partial charge in [0.15, 0.2) is 0 Å². The number of hydrogen-bond donors (Lipinski definition) is 0. The zero-order valence-corrected chi connectivity index (χ0v) is 7.03. The Morgan fingerprint density at radius 3 is 2.42 bits per heavy atom. The zero-order chi connectivity index (χ0) is 8.81. The first-order valence-electron chi connectivity index (χ1n) is 3.31. The topological polar surface area (TPSA) is 46.5 Å². The van der Waals surface area contributed by atoms with E-state index >= 15 is 0 Å². The van der Waals surface area contributed by atoms with E-state index in [9.17, 15) is 8.42 Å². The van der Waals surface area contributed by atoms with E-state index in [1.165, 1.54) is 6.20 Å². The Kier molecular flexibility index (Phi) is 3.22. The highest BCUT2D eigenvalue weighted by Gasteiger charge is 1.79. The van der Waals surface area contributed by atoms with E-state index in [1.54, 1.807) is 6.08 Å². The van der Waals surface area contributed by atoms with Crippen molar-refractivity contribution in [3.63, 3.8) is 0 Å². The van der Waals surface area contributed by atoms with E-state index in [-0.39, 0.29) is 0 Å². The third-order valence-corrected chi connectivity index (χ3v) is 1.51. The Hall–Kier alpha value is -1.42. The maximum atomic E-state index is 9.97. The van der Waals surface area contributed by atoms with Crippen LogP contribution in [0.25, 0.3) is 6.08 Å². The van der Waals surface area contributed by atoms with Crippen molar-refractivity contribution in [2.75, 3.05) is 0 Å². The predicted molar refractivity (Wildman–Crippen MR) is 46.8 cm³/mol. The van der Waals surface area contributed by atoms with E-state index < -0.39 is 10.5 Å². The van der Waals surface area contributed by atoms with Gasteiger partial charge in [0, 0.05) is 6.20 Å². The van der Waals surface area contributed by atoms with Gasteiger partial charge in [-0.2, -0.15) is 8.42 Å². The molecule has 0 saturated carbocycles. The second kappa shape index (κ2) is 4.46. The van der Waals surface area contributed by atoms with E-state index in [0.717, 1.165) is 5.56 Å². The molecule has 0 bridgehead atoms. The maximum Gasteiger partial charge on any atom is 0.315 e. The summed E-state index contributed by atoms with van der Waals surface area (Å²) in [7, 11) is -2.35. The van der Waals surface area contributed by atoms with Crippen LogP contribution in [0.5, 0.6) is 0 Å². The van der Waals surface area contributed by atoms with Crippen molar-refractivity contribution in [2.45, 2.75) is 0 Å². The van der Waals surface area contributed by atoms with Gasteiger partial charge < -0.3 is 0 Å². The first-order chi connectivity index (χ1) is 5.79. The smallest absolute Gasteiger partial charge is 0.163 e. The first kappa shape index (κ1) is 8.67. The monoisotopic (exact) mass is 181 g/mol. The number of rotatable bonds is 2. The molecule has 0 N–H and O–H groups in total. The van der Waals surface area contributed by atoms with E-state index in [4.69, 9.17) is 0 Å². The Morgan fingerprint density at radius 1 is 1.17 bits per heavy atom. The molecule has 62 valence electrons. The average Bonchev–Trinajstić information content (AvgIpc) is 2.05. The Labute approximate surface area is 72.1 Å². The van der Waals surface area contributed by atoms with Crippen LogP contribution in [0.15, 0.2) is 40.9 Å². The minimum absolute atomic E-state index is 0.923. The van der Waals surface area contributed by atoms with Gasteiger partial charge in [0.1, 0.15) is 0 Å². The molecule has 0 saturated heterocycles. The molecule has 0 spiro atoms. The van der Waals surface area contributed by atoms with E-state index in [1.807, 2.05) is 30.3 Å². The van der Waals surface area contributed by atoms with Crippen LogP contribution in [0.1, 0.15) is 5.56 Å². The van der Waals surface area contributed by atoms with Crippen LogP contribution in [0.3, 0.4) is 0 Å². The van der Waals surface area contributed by atoms with Gasteiger partial charge in [-0.05, 0) is 11.6 Å². The van der Waals surface area contributed by atoms with Crippen molar-refractivity contribution in [3.8, 4) is 0 Å². The lowest BCUT2D eigenvalue weighted by Gasteiger charge is -1.86. The molecule has 0 atom stereocenters. The largest absolute Gasteiger partial charge is 0.315 e. The molecule has 0 fully saturated rings. The molecule has 0 amide bonds. The molecule has 12 heavy (non-hydrogen) atoms. The zero-order valence-electron chi connectivity index (χ0n) is 6.21. The van der Waals surface area contributed by atoms with Gasteiger partial charge in [-0.25, -0.2) is 0 Å². The van der Waals surface area contributed by atoms with Crippen LogP contribution < -0.4 is 0 Å². The van der Waals surface area contributed by atoms with Crippen LogP contribution in [-0.4, -0.2) is 8.42 Å². The normalized spacial score (nSPS) is 10.0. The fourth-order valence-corrected chi connectivity index (χ4v) is 0.891.